The fourth-order valence-electron chi connectivity index (χ4n) is 2.01. The molecule has 1 aromatic heterocycles. The molecule has 0 bridgehead atoms. The second-order valence-corrected chi connectivity index (χ2v) is 4.29. The van der Waals surface area contributed by atoms with Gasteiger partial charge >= 0.3 is 0 Å². The summed E-state index contributed by atoms with van der Waals surface area (Å²) in [5.74, 6) is -0.216. The summed E-state index contributed by atoms with van der Waals surface area (Å²) in [6.07, 6.45) is 3.49. The molecule has 2 amide bonds. The lowest BCUT2D eigenvalue weighted by Crippen LogP contribution is -2.11. The molecule has 1 aliphatic rings. The van der Waals surface area contributed by atoms with Crippen LogP contribution in [0.3, 0.4) is 0 Å². The van der Waals surface area contributed by atoms with Gasteiger partial charge < -0.3 is 10.6 Å². The predicted octanol–water partition coefficient (Wildman–Crippen LogP) is 1.83. The Hall–Kier alpha value is -2.69. The summed E-state index contributed by atoms with van der Waals surface area (Å²) in [5, 5.41) is 5.55. The lowest BCUT2D eigenvalue weighted by Gasteiger charge is -2.06. The van der Waals surface area contributed by atoms with Crippen molar-refractivity contribution >= 4 is 23.2 Å². The van der Waals surface area contributed by atoms with E-state index in [9.17, 15) is 9.59 Å². The van der Waals surface area contributed by atoms with Crippen LogP contribution in [0.15, 0.2) is 42.7 Å². The van der Waals surface area contributed by atoms with Crippen molar-refractivity contribution < 1.29 is 9.59 Å². The first-order valence-electron chi connectivity index (χ1n) is 5.86. The maximum absolute atomic E-state index is 12.0. The van der Waals surface area contributed by atoms with Gasteiger partial charge in [0.15, 0.2) is 0 Å². The Morgan fingerprint density at radius 2 is 2.00 bits per heavy atom. The normalized spacial score (nSPS) is 12.7. The highest BCUT2D eigenvalue weighted by Crippen LogP contribution is 2.26. The van der Waals surface area contributed by atoms with E-state index in [0.717, 1.165) is 11.3 Å². The highest BCUT2D eigenvalue weighted by Gasteiger charge is 2.17. The number of rotatable bonds is 2. The van der Waals surface area contributed by atoms with E-state index in [1.807, 2.05) is 6.07 Å². The van der Waals surface area contributed by atoms with Crippen molar-refractivity contribution in [1.82, 2.24) is 4.98 Å². The van der Waals surface area contributed by atoms with Gasteiger partial charge in [0.05, 0.1) is 6.42 Å². The van der Waals surface area contributed by atoms with Crippen LogP contribution in [-0.2, 0) is 11.2 Å². The minimum atomic E-state index is -0.195. The molecule has 2 N–H and O–H groups in total. The Bertz CT molecular complexity index is 653. The number of anilines is 2. The minimum Gasteiger partial charge on any atom is -0.326 e. The number of hydrogen-bond acceptors (Lipinski definition) is 3. The first kappa shape index (κ1) is 11.4. The summed E-state index contributed by atoms with van der Waals surface area (Å²) in [4.78, 5) is 27.1. The summed E-state index contributed by atoms with van der Waals surface area (Å²) >= 11 is 0. The number of carbonyl (C=O) groups is 2. The van der Waals surface area contributed by atoms with Crippen LogP contribution in [0.5, 0.6) is 0 Å². The Morgan fingerprint density at radius 3 is 2.79 bits per heavy atom. The molecule has 0 aliphatic carbocycles. The number of hydrogen-bond donors (Lipinski definition) is 2. The smallest absolute Gasteiger partial charge is 0.255 e. The number of fused-ring (bicyclic) bond motifs is 1. The molecule has 0 fully saturated rings. The van der Waals surface area contributed by atoms with Gasteiger partial charge in [0.1, 0.15) is 0 Å². The molecule has 0 radical (unpaired) electrons. The average Bonchev–Trinajstić information content (AvgIpc) is 2.79. The lowest BCUT2D eigenvalue weighted by molar-refractivity contribution is -0.115. The quantitative estimate of drug-likeness (QED) is 0.857. The summed E-state index contributed by atoms with van der Waals surface area (Å²) in [5.41, 5.74) is 2.94. The van der Waals surface area contributed by atoms with Crippen LogP contribution in [0.1, 0.15) is 15.9 Å². The van der Waals surface area contributed by atoms with Crippen LogP contribution in [0, 0.1) is 0 Å². The SMILES string of the molecule is O=C1Cc2cc(NC(=O)c3ccncc3)ccc2N1. The van der Waals surface area contributed by atoms with E-state index < -0.39 is 0 Å². The molecule has 0 saturated heterocycles. The van der Waals surface area contributed by atoms with Gasteiger partial charge in [0.25, 0.3) is 5.91 Å². The van der Waals surface area contributed by atoms with Crippen LogP contribution in [0.4, 0.5) is 11.4 Å². The van der Waals surface area contributed by atoms with Crippen LogP contribution < -0.4 is 10.6 Å². The van der Waals surface area contributed by atoms with E-state index in [1.54, 1.807) is 36.7 Å². The lowest BCUT2D eigenvalue weighted by atomic mass is 10.1. The van der Waals surface area contributed by atoms with E-state index in [1.165, 1.54) is 0 Å². The molecule has 3 rings (SSSR count). The number of pyridine rings is 1. The van der Waals surface area contributed by atoms with E-state index in [-0.39, 0.29) is 11.8 Å². The monoisotopic (exact) mass is 253 g/mol. The highest BCUT2D eigenvalue weighted by atomic mass is 16.2. The third-order valence-electron chi connectivity index (χ3n) is 2.93. The molecule has 1 aliphatic heterocycles. The molecular weight excluding hydrogens is 242 g/mol. The van der Waals surface area contributed by atoms with Gasteiger partial charge in [-0.3, -0.25) is 14.6 Å². The molecule has 1 aromatic carbocycles. The Kier molecular flexibility index (Phi) is 2.72. The van der Waals surface area contributed by atoms with Gasteiger partial charge in [0.2, 0.25) is 5.91 Å². The largest absolute Gasteiger partial charge is 0.326 e. The van der Waals surface area contributed by atoms with Crippen molar-refractivity contribution in [2.24, 2.45) is 0 Å². The maximum atomic E-state index is 12.0. The van der Waals surface area contributed by atoms with Gasteiger partial charge in [-0.25, -0.2) is 0 Å². The van der Waals surface area contributed by atoms with E-state index in [2.05, 4.69) is 15.6 Å². The Balaban J connectivity index is 1.80. The highest BCUT2D eigenvalue weighted by molar-refractivity contribution is 6.05. The number of nitrogens with one attached hydrogen (secondary N) is 2. The van der Waals surface area contributed by atoms with Crippen LogP contribution in [0.2, 0.25) is 0 Å². The zero-order valence-corrected chi connectivity index (χ0v) is 10.0. The number of aromatic nitrogens is 1. The second-order valence-electron chi connectivity index (χ2n) is 4.29. The molecule has 0 atom stereocenters. The minimum absolute atomic E-state index is 0.0207. The van der Waals surface area contributed by atoms with Crippen molar-refractivity contribution in [2.45, 2.75) is 6.42 Å². The van der Waals surface area contributed by atoms with Gasteiger partial charge in [-0.05, 0) is 35.9 Å². The Labute approximate surface area is 109 Å². The Morgan fingerprint density at radius 1 is 1.21 bits per heavy atom. The summed E-state index contributed by atoms with van der Waals surface area (Å²) in [6, 6.07) is 8.67. The molecule has 19 heavy (non-hydrogen) atoms. The van der Waals surface area contributed by atoms with Crippen molar-refractivity contribution in [3.63, 3.8) is 0 Å². The number of carbonyl (C=O) groups excluding carboxylic acids is 2. The van der Waals surface area contributed by atoms with Crippen molar-refractivity contribution in [3.05, 3.63) is 53.9 Å². The number of amides is 2. The van der Waals surface area contributed by atoms with E-state index in [0.29, 0.717) is 17.7 Å². The second kappa shape index (κ2) is 4.53. The molecular formula is C14H11N3O2. The van der Waals surface area contributed by atoms with Crippen LogP contribution in [0.25, 0.3) is 0 Å². The first-order chi connectivity index (χ1) is 9.22. The topological polar surface area (TPSA) is 71.1 Å². The van der Waals surface area contributed by atoms with E-state index in [4.69, 9.17) is 0 Å². The fourth-order valence-corrected chi connectivity index (χ4v) is 2.01. The molecule has 5 nitrogen and oxygen atoms in total. The van der Waals surface area contributed by atoms with Crippen molar-refractivity contribution in [1.29, 1.82) is 0 Å². The van der Waals surface area contributed by atoms with E-state index >= 15 is 0 Å². The first-order valence-corrected chi connectivity index (χ1v) is 5.86. The predicted molar refractivity (Wildman–Crippen MR) is 71.0 cm³/mol. The van der Waals surface area contributed by atoms with Crippen LogP contribution in [-0.4, -0.2) is 16.8 Å². The molecule has 0 spiro atoms. The molecule has 0 unspecified atom stereocenters. The zero-order valence-electron chi connectivity index (χ0n) is 10.0. The third-order valence-corrected chi connectivity index (χ3v) is 2.93. The summed E-state index contributed by atoms with van der Waals surface area (Å²) in [6.45, 7) is 0. The molecule has 2 heterocycles. The third kappa shape index (κ3) is 2.30. The van der Waals surface area contributed by atoms with Gasteiger partial charge in [0, 0.05) is 29.3 Å². The fraction of sp³-hybridized carbons (Fsp3) is 0.0714. The summed E-state index contributed by atoms with van der Waals surface area (Å²) < 4.78 is 0. The zero-order chi connectivity index (χ0) is 13.2. The number of nitrogens with zero attached hydrogens (tertiary/aromatic N) is 1. The van der Waals surface area contributed by atoms with Crippen LogP contribution >= 0.6 is 0 Å². The number of benzene rings is 1. The van der Waals surface area contributed by atoms with Gasteiger partial charge in [-0.1, -0.05) is 0 Å². The van der Waals surface area contributed by atoms with Gasteiger partial charge in [-0.15, -0.1) is 0 Å². The average molecular weight is 253 g/mol. The van der Waals surface area contributed by atoms with Gasteiger partial charge in [-0.2, -0.15) is 0 Å². The standard InChI is InChI=1S/C14H11N3O2/c18-13-8-10-7-11(1-2-12(10)17-13)16-14(19)9-3-5-15-6-4-9/h1-7H,8H2,(H,16,19)(H,17,18). The van der Waals surface area contributed by atoms with Crippen molar-refractivity contribution in [2.75, 3.05) is 10.6 Å². The molecule has 0 saturated carbocycles. The molecule has 2 aromatic rings. The molecule has 94 valence electrons. The summed E-state index contributed by atoms with van der Waals surface area (Å²) in [7, 11) is 0. The maximum Gasteiger partial charge on any atom is 0.255 e. The molecule has 5 heteroatoms. The van der Waals surface area contributed by atoms with Crippen molar-refractivity contribution in [3.8, 4) is 0 Å².